The molecule has 168 valence electrons. The number of piperazine rings is 1. The molecule has 2 N–H and O–H groups in total. The number of carbonyl (C=O) groups is 2. The summed E-state index contributed by atoms with van der Waals surface area (Å²) in [7, 11) is 0. The highest BCUT2D eigenvalue weighted by atomic mass is 35.5. The molecule has 0 aromatic heterocycles. The fourth-order valence-electron chi connectivity index (χ4n) is 4.27. The summed E-state index contributed by atoms with van der Waals surface area (Å²) in [4.78, 5) is 31.0. The van der Waals surface area contributed by atoms with Crippen molar-refractivity contribution >= 4 is 52.2 Å². The van der Waals surface area contributed by atoms with Gasteiger partial charge in [-0.2, -0.15) is 0 Å². The van der Waals surface area contributed by atoms with Crippen LogP contribution in [0.2, 0.25) is 5.02 Å². The summed E-state index contributed by atoms with van der Waals surface area (Å²) in [6, 6.07) is 13.4. The van der Waals surface area contributed by atoms with E-state index in [2.05, 4.69) is 26.5 Å². The van der Waals surface area contributed by atoms with Gasteiger partial charge in [0.2, 0.25) is 11.8 Å². The largest absolute Gasteiger partial charge is 0.369 e. The first kappa shape index (κ1) is 21.6. The highest BCUT2D eigenvalue weighted by Gasteiger charge is 2.29. The van der Waals surface area contributed by atoms with Gasteiger partial charge in [0.05, 0.1) is 10.9 Å². The molecule has 1 saturated heterocycles. The summed E-state index contributed by atoms with van der Waals surface area (Å²) in [6.07, 6.45) is 2.90. The first-order chi connectivity index (χ1) is 15.5. The lowest BCUT2D eigenvalue weighted by Crippen LogP contribution is -2.47. The fraction of sp³-hybridized carbons (Fsp3) is 0.417. The Morgan fingerprint density at radius 2 is 1.94 bits per heavy atom. The van der Waals surface area contributed by atoms with Crippen LogP contribution >= 0.6 is 23.4 Å². The number of halogens is 1. The van der Waals surface area contributed by atoms with Crippen LogP contribution in [0.25, 0.3) is 0 Å². The molecule has 1 unspecified atom stereocenters. The van der Waals surface area contributed by atoms with E-state index in [4.69, 9.17) is 11.6 Å². The minimum absolute atomic E-state index is 0.114. The van der Waals surface area contributed by atoms with Crippen LogP contribution in [0, 0.1) is 5.92 Å². The topological polar surface area (TPSA) is 64.7 Å². The Kier molecular flexibility index (Phi) is 6.31. The van der Waals surface area contributed by atoms with Crippen molar-refractivity contribution in [2.24, 2.45) is 5.92 Å². The van der Waals surface area contributed by atoms with Gasteiger partial charge in [0.25, 0.3) is 0 Å². The maximum Gasteiger partial charge on any atom is 0.238 e. The molecule has 2 amide bonds. The molecule has 1 saturated carbocycles. The summed E-state index contributed by atoms with van der Waals surface area (Å²) in [5.41, 5.74) is 2.60. The molecule has 2 aromatic carbocycles. The van der Waals surface area contributed by atoms with Crippen molar-refractivity contribution in [3.8, 4) is 0 Å². The Balaban J connectivity index is 1.16. The third-order valence-corrected chi connectivity index (χ3v) is 7.72. The number of hydrogen-bond donors (Lipinski definition) is 2. The standard InChI is InChI=1S/C24H27ClN4O2S/c25-17-6-7-21-20(12-17)27-24(31)22(32-21)14-23(30)26-18-2-1-3-19(13-18)29-10-8-28(9-11-29)15-16-4-5-16/h1-3,6-7,12-13,16,22H,4-5,8-11,14-15H2,(H,26,30)(H,27,31). The van der Waals surface area contributed by atoms with Crippen LogP contribution < -0.4 is 15.5 Å². The van der Waals surface area contributed by atoms with Crippen LogP contribution in [0.15, 0.2) is 47.4 Å². The van der Waals surface area contributed by atoms with Crippen molar-refractivity contribution in [1.29, 1.82) is 0 Å². The average molecular weight is 471 g/mol. The molecule has 32 heavy (non-hydrogen) atoms. The van der Waals surface area contributed by atoms with E-state index in [0.29, 0.717) is 10.7 Å². The third kappa shape index (κ3) is 5.22. The lowest BCUT2D eigenvalue weighted by molar-refractivity contribution is -0.120. The molecule has 5 rings (SSSR count). The second kappa shape index (κ2) is 9.33. The molecule has 2 aliphatic heterocycles. The second-order valence-corrected chi connectivity index (χ2v) is 10.5. The van der Waals surface area contributed by atoms with Crippen molar-refractivity contribution < 1.29 is 9.59 Å². The molecule has 2 fully saturated rings. The Hall–Kier alpha value is -2.22. The van der Waals surface area contributed by atoms with Crippen LogP contribution in [-0.2, 0) is 9.59 Å². The van der Waals surface area contributed by atoms with Gasteiger partial charge in [-0.1, -0.05) is 17.7 Å². The van der Waals surface area contributed by atoms with Crippen molar-refractivity contribution in [2.45, 2.75) is 29.4 Å². The molecule has 1 aliphatic carbocycles. The van der Waals surface area contributed by atoms with Gasteiger partial charge in [-0.15, -0.1) is 11.8 Å². The molecule has 3 aliphatic rings. The van der Waals surface area contributed by atoms with Gasteiger partial charge in [-0.3, -0.25) is 14.5 Å². The van der Waals surface area contributed by atoms with E-state index >= 15 is 0 Å². The van der Waals surface area contributed by atoms with Gasteiger partial charge >= 0.3 is 0 Å². The fourth-order valence-corrected chi connectivity index (χ4v) is 5.53. The second-order valence-electron chi connectivity index (χ2n) is 8.77. The molecule has 1 atom stereocenters. The number of amides is 2. The predicted molar refractivity (Wildman–Crippen MR) is 131 cm³/mol. The first-order valence-electron chi connectivity index (χ1n) is 11.2. The molecule has 2 heterocycles. The number of anilines is 3. The minimum Gasteiger partial charge on any atom is -0.369 e. The van der Waals surface area contributed by atoms with E-state index in [1.807, 2.05) is 24.3 Å². The Morgan fingerprint density at radius 3 is 2.72 bits per heavy atom. The van der Waals surface area contributed by atoms with Gasteiger partial charge in [-0.25, -0.2) is 0 Å². The summed E-state index contributed by atoms with van der Waals surface area (Å²) < 4.78 is 0. The summed E-state index contributed by atoms with van der Waals surface area (Å²) in [5.74, 6) is 0.593. The van der Waals surface area contributed by atoms with E-state index in [1.54, 1.807) is 12.1 Å². The maximum atomic E-state index is 12.7. The van der Waals surface area contributed by atoms with E-state index < -0.39 is 5.25 Å². The maximum absolute atomic E-state index is 12.7. The van der Waals surface area contributed by atoms with Gasteiger partial charge in [0.1, 0.15) is 0 Å². The van der Waals surface area contributed by atoms with Gasteiger partial charge < -0.3 is 15.5 Å². The number of carbonyl (C=O) groups excluding carboxylic acids is 2. The predicted octanol–water partition coefficient (Wildman–Crippen LogP) is 4.31. The zero-order valence-corrected chi connectivity index (χ0v) is 19.4. The highest BCUT2D eigenvalue weighted by molar-refractivity contribution is 8.01. The third-order valence-electron chi connectivity index (χ3n) is 6.21. The number of hydrogen-bond acceptors (Lipinski definition) is 5. The number of rotatable bonds is 6. The lowest BCUT2D eigenvalue weighted by Gasteiger charge is -2.36. The molecule has 0 spiro atoms. The Morgan fingerprint density at radius 1 is 1.12 bits per heavy atom. The molecule has 0 radical (unpaired) electrons. The summed E-state index contributed by atoms with van der Waals surface area (Å²) in [6.45, 7) is 5.44. The molecule has 0 bridgehead atoms. The summed E-state index contributed by atoms with van der Waals surface area (Å²) >= 11 is 7.41. The van der Waals surface area contributed by atoms with Crippen molar-refractivity contribution in [1.82, 2.24) is 4.90 Å². The highest BCUT2D eigenvalue weighted by Crippen LogP contribution is 2.38. The van der Waals surface area contributed by atoms with Crippen molar-refractivity contribution in [2.75, 3.05) is 48.3 Å². The zero-order chi connectivity index (χ0) is 22.1. The molecule has 8 heteroatoms. The van der Waals surface area contributed by atoms with Crippen molar-refractivity contribution in [3.63, 3.8) is 0 Å². The Bertz CT molecular complexity index is 1020. The molecule has 6 nitrogen and oxygen atoms in total. The normalized spacial score (nSPS) is 21.1. The van der Waals surface area contributed by atoms with E-state index in [-0.39, 0.29) is 18.2 Å². The van der Waals surface area contributed by atoms with Crippen LogP contribution in [0.1, 0.15) is 19.3 Å². The van der Waals surface area contributed by atoms with Gasteiger partial charge in [0.15, 0.2) is 0 Å². The molecule has 2 aromatic rings. The number of thioether (sulfide) groups is 1. The number of benzene rings is 2. The lowest BCUT2D eigenvalue weighted by atomic mass is 10.2. The van der Waals surface area contributed by atoms with Gasteiger partial charge in [0, 0.05) is 60.4 Å². The number of nitrogens with one attached hydrogen (secondary N) is 2. The van der Waals surface area contributed by atoms with Crippen LogP contribution in [0.5, 0.6) is 0 Å². The molecular weight excluding hydrogens is 444 g/mol. The van der Waals surface area contributed by atoms with Crippen LogP contribution in [-0.4, -0.2) is 54.7 Å². The van der Waals surface area contributed by atoms with E-state index in [1.165, 1.54) is 31.1 Å². The van der Waals surface area contributed by atoms with Crippen molar-refractivity contribution in [3.05, 3.63) is 47.5 Å². The van der Waals surface area contributed by atoms with E-state index in [9.17, 15) is 9.59 Å². The number of fused-ring (bicyclic) bond motifs is 1. The summed E-state index contributed by atoms with van der Waals surface area (Å²) in [5, 5.41) is 5.94. The van der Waals surface area contributed by atoms with Crippen LogP contribution in [0.3, 0.4) is 0 Å². The Labute approximate surface area is 197 Å². The first-order valence-corrected chi connectivity index (χ1v) is 12.4. The molecular formula is C24H27ClN4O2S. The average Bonchev–Trinajstić information content (AvgIpc) is 3.59. The SMILES string of the molecule is O=C(CC1Sc2ccc(Cl)cc2NC1=O)Nc1cccc(N2CCN(CC3CC3)CC2)c1. The monoisotopic (exact) mass is 470 g/mol. The minimum atomic E-state index is -0.466. The zero-order valence-electron chi connectivity index (χ0n) is 17.9. The van der Waals surface area contributed by atoms with Crippen LogP contribution in [0.4, 0.5) is 17.1 Å². The quantitative estimate of drug-likeness (QED) is 0.658. The van der Waals surface area contributed by atoms with E-state index in [0.717, 1.165) is 48.4 Å². The number of nitrogens with zero attached hydrogens (tertiary/aromatic N) is 2. The van der Waals surface area contributed by atoms with Gasteiger partial charge in [-0.05, 0) is 55.2 Å². The smallest absolute Gasteiger partial charge is 0.238 e.